The highest BCUT2D eigenvalue weighted by Crippen LogP contribution is 2.32. The zero-order valence-corrected chi connectivity index (χ0v) is 23.5. The molecule has 0 aromatic heterocycles. The number of aliphatic hydroxyl groups is 5. The molecule has 2 aliphatic heterocycles. The van der Waals surface area contributed by atoms with Crippen LogP contribution in [0.4, 0.5) is 0 Å². The summed E-state index contributed by atoms with van der Waals surface area (Å²) in [5, 5.41) is 52.4. The number of hydrogen-bond acceptors (Lipinski definition) is 16. The highest BCUT2D eigenvalue weighted by atomic mass is 16.7. The van der Waals surface area contributed by atoms with Crippen molar-refractivity contribution in [3.63, 3.8) is 0 Å². The fraction of sp³-hybridized carbons (Fsp3) is 0.917. The molecule has 0 spiro atoms. The molecule has 0 bridgehead atoms. The molecule has 244 valence electrons. The number of aliphatic imine (C=N–C) groups is 2. The van der Waals surface area contributed by atoms with Crippen LogP contribution in [-0.2, 0) is 18.9 Å². The van der Waals surface area contributed by atoms with E-state index in [-0.39, 0.29) is 50.3 Å². The molecule has 3 aliphatic rings. The van der Waals surface area contributed by atoms with Crippen LogP contribution in [0.5, 0.6) is 0 Å². The molecule has 2 saturated heterocycles. The van der Waals surface area contributed by atoms with Crippen molar-refractivity contribution < 1.29 is 44.5 Å². The van der Waals surface area contributed by atoms with E-state index in [0.717, 1.165) is 0 Å². The largest absolute Gasteiger partial charge is 0.394 e. The fourth-order valence-corrected chi connectivity index (χ4v) is 5.24. The number of nitrogens with zero attached hydrogens (tertiary/aromatic N) is 2. The summed E-state index contributed by atoms with van der Waals surface area (Å²) in [4.78, 5) is 8.56. The number of hydrogen-bond donors (Lipinski definition) is 12. The average Bonchev–Trinajstić information content (AvgIpc) is 2.97. The Hall–Kier alpha value is -1.62. The zero-order chi connectivity index (χ0) is 31.1. The maximum atomic E-state index is 11.5. The predicted octanol–water partition coefficient (Wildman–Crippen LogP) is -6.80. The maximum Gasteiger partial charge on any atom is 0.186 e. The minimum Gasteiger partial charge on any atom is -0.394 e. The van der Waals surface area contributed by atoms with Crippen molar-refractivity contribution in [3.05, 3.63) is 0 Å². The molecule has 14 atom stereocenters. The van der Waals surface area contributed by atoms with Crippen LogP contribution in [0.2, 0.25) is 0 Å². The maximum absolute atomic E-state index is 11.5. The van der Waals surface area contributed by atoms with Gasteiger partial charge in [0.15, 0.2) is 12.6 Å². The van der Waals surface area contributed by atoms with Crippen LogP contribution in [-0.4, -0.2) is 149 Å². The van der Waals surface area contributed by atoms with Crippen LogP contribution < -0.4 is 40.1 Å². The Morgan fingerprint density at radius 1 is 0.905 bits per heavy atom. The average molecular weight is 608 g/mol. The van der Waals surface area contributed by atoms with Crippen LogP contribution in [0.1, 0.15) is 25.7 Å². The van der Waals surface area contributed by atoms with E-state index in [0.29, 0.717) is 12.8 Å². The molecule has 3 fully saturated rings. The quantitative estimate of drug-likeness (QED) is 0.0724. The second kappa shape index (κ2) is 15.9. The lowest BCUT2D eigenvalue weighted by Crippen LogP contribution is -2.66. The Labute approximate surface area is 244 Å². The van der Waals surface area contributed by atoms with E-state index in [9.17, 15) is 25.5 Å². The van der Waals surface area contributed by atoms with E-state index in [2.05, 4.69) is 9.98 Å². The molecule has 0 aromatic carbocycles. The molecule has 19 N–H and O–H groups in total. The van der Waals surface area contributed by atoms with Gasteiger partial charge in [-0.3, -0.25) is 9.98 Å². The minimum absolute atomic E-state index is 0.0616. The highest BCUT2D eigenvalue weighted by molar-refractivity contribution is 5.84. The molecule has 2 heterocycles. The molecule has 3 rings (SSSR count). The van der Waals surface area contributed by atoms with Gasteiger partial charge in [0, 0.05) is 6.04 Å². The third kappa shape index (κ3) is 8.51. The molecule has 1 saturated carbocycles. The summed E-state index contributed by atoms with van der Waals surface area (Å²) >= 11 is 0. The topological polar surface area (TPSA) is 345 Å². The van der Waals surface area contributed by atoms with Gasteiger partial charge >= 0.3 is 0 Å². The molecule has 0 aromatic rings. The van der Waals surface area contributed by atoms with E-state index in [1.807, 2.05) is 0 Å². The van der Waals surface area contributed by atoms with Crippen molar-refractivity contribution in [3.8, 4) is 0 Å². The van der Waals surface area contributed by atoms with Crippen molar-refractivity contribution in [2.75, 3.05) is 26.2 Å². The lowest BCUT2D eigenvalue weighted by atomic mass is 9.83. The van der Waals surface area contributed by atoms with E-state index >= 15 is 0 Å². The van der Waals surface area contributed by atoms with Crippen molar-refractivity contribution in [1.29, 1.82) is 0 Å². The predicted molar refractivity (Wildman–Crippen MR) is 151 cm³/mol. The molecule has 42 heavy (non-hydrogen) atoms. The van der Waals surface area contributed by atoms with Crippen molar-refractivity contribution in [2.24, 2.45) is 50.1 Å². The monoisotopic (exact) mass is 607 g/mol. The number of nitrogens with two attached hydrogens (primary N) is 7. The molecule has 0 amide bonds. The van der Waals surface area contributed by atoms with Crippen LogP contribution in [0, 0.1) is 0 Å². The first-order valence-electron chi connectivity index (χ1n) is 14.2. The normalized spacial score (nSPS) is 42.9. The van der Waals surface area contributed by atoms with Gasteiger partial charge in [0.05, 0.1) is 43.9 Å². The van der Waals surface area contributed by atoms with Gasteiger partial charge in [-0.1, -0.05) is 0 Å². The molecule has 18 heteroatoms. The Kier molecular flexibility index (Phi) is 13.2. The van der Waals surface area contributed by atoms with Crippen molar-refractivity contribution >= 4 is 11.7 Å². The number of ether oxygens (including phenoxy) is 4. The standard InChI is InChI=1S/C24H49N9O9/c25-4-3-13(35)22(31)33-12-5-11(28)20(41-23-10(27)2-1-9(39-23)7-32-15(29)6-26)19(38)21(12)42-24-18(37)16(30)17(36)14(8-34)40-24/h9-14,16-21,23-24,34-38H,1-8,25-28,30H2,(H2,29,32)(H2,31,33). The van der Waals surface area contributed by atoms with Gasteiger partial charge in [-0.15, -0.1) is 0 Å². The first-order chi connectivity index (χ1) is 19.9. The molecular formula is C24H49N9O9. The first-order valence-corrected chi connectivity index (χ1v) is 14.2. The van der Waals surface area contributed by atoms with Crippen molar-refractivity contribution in [2.45, 2.75) is 111 Å². The molecule has 14 unspecified atom stereocenters. The Morgan fingerprint density at radius 3 is 2.24 bits per heavy atom. The SMILES string of the molecule is NCCC(O)C(N)=NC1CC(N)C(OC2OC(CN=C(N)CN)CCC2N)C(O)C1OC1OC(CO)C(O)C(N)C1O. The van der Waals surface area contributed by atoms with Crippen LogP contribution >= 0.6 is 0 Å². The lowest BCUT2D eigenvalue weighted by molar-refractivity contribution is -0.312. The number of rotatable bonds is 12. The van der Waals surface area contributed by atoms with Crippen LogP contribution in [0.15, 0.2) is 9.98 Å². The summed E-state index contributed by atoms with van der Waals surface area (Å²) < 4.78 is 23.7. The van der Waals surface area contributed by atoms with E-state index in [1.54, 1.807) is 0 Å². The lowest BCUT2D eigenvalue weighted by Gasteiger charge is -2.47. The van der Waals surface area contributed by atoms with Crippen LogP contribution in [0.25, 0.3) is 0 Å². The first kappa shape index (κ1) is 34.9. The van der Waals surface area contributed by atoms with Gasteiger partial charge in [0.1, 0.15) is 54.4 Å². The summed E-state index contributed by atoms with van der Waals surface area (Å²) in [7, 11) is 0. The van der Waals surface area contributed by atoms with E-state index in [4.69, 9.17) is 59.1 Å². The van der Waals surface area contributed by atoms with Gasteiger partial charge in [-0.05, 0) is 32.2 Å². The number of amidine groups is 2. The van der Waals surface area contributed by atoms with E-state index < -0.39 is 86.1 Å². The Bertz CT molecular complexity index is 903. The summed E-state index contributed by atoms with van der Waals surface area (Å²) in [5.74, 6) is 0.127. The van der Waals surface area contributed by atoms with E-state index in [1.165, 1.54) is 0 Å². The third-order valence-electron chi connectivity index (χ3n) is 7.81. The van der Waals surface area contributed by atoms with Gasteiger partial charge in [-0.2, -0.15) is 0 Å². The Balaban J connectivity index is 1.84. The molecule has 1 aliphatic carbocycles. The summed E-state index contributed by atoms with van der Waals surface area (Å²) in [6.45, 7) is -0.102. The van der Waals surface area contributed by atoms with Gasteiger partial charge in [0.25, 0.3) is 0 Å². The summed E-state index contributed by atoms with van der Waals surface area (Å²) in [6.07, 6.45) is -10.5. The second-order valence-electron chi connectivity index (χ2n) is 11.0. The smallest absolute Gasteiger partial charge is 0.186 e. The zero-order valence-electron chi connectivity index (χ0n) is 23.5. The number of aliphatic hydroxyl groups excluding tert-OH is 5. The summed E-state index contributed by atoms with van der Waals surface area (Å²) in [5.41, 5.74) is 41.4. The fourth-order valence-electron chi connectivity index (χ4n) is 5.24. The molecule has 18 nitrogen and oxygen atoms in total. The van der Waals surface area contributed by atoms with Gasteiger partial charge < -0.3 is 84.6 Å². The second-order valence-corrected chi connectivity index (χ2v) is 11.0. The highest BCUT2D eigenvalue weighted by Gasteiger charge is 2.51. The molecule has 0 radical (unpaired) electrons. The Morgan fingerprint density at radius 2 is 1.60 bits per heavy atom. The van der Waals surface area contributed by atoms with Crippen LogP contribution in [0.3, 0.4) is 0 Å². The summed E-state index contributed by atoms with van der Waals surface area (Å²) in [6, 6.07) is -3.52. The molecular weight excluding hydrogens is 558 g/mol. The van der Waals surface area contributed by atoms with Gasteiger partial charge in [0.2, 0.25) is 0 Å². The van der Waals surface area contributed by atoms with Gasteiger partial charge in [-0.25, -0.2) is 0 Å². The minimum atomic E-state index is -1.54. The van der Waals surface area contributed by atoms with Crippen molar-refractivity contribution in [1.82, 2.24) is 0 Å². The third-order valence-corrected chi connectivity index (χ3v) is 7.81.